The molecule has 5 heteroatoms. The fourth-order valence-electron chi connectivity index (χ4n) is 3.01. The smallest absolute Gasteiger partial charge is 0.147 e. The van der Waals surface area contributed by atoms with Crippen molar-refractivity contribution in [2.45, 2.75) is 51.1 Å². The Labute approximate surface area is 140 Å². The molecule has 2 rings (SSSR count). The normalized spacial score (nSPS) is 19.3. The number of hydrogen-bond donors (Lipinski definition) is 1. The van der Waals surface area contributed by atoms with Crippen molar-refractivity contribution in [3.05, 3.63) is 33.0 Å². The molecule has 0 aromatic heterocycles. The van der Waals surface area contributed by atoms with Gasteiger partial charge in [0.1, 0.15) is 5.82 Å². The maximum atomic E-state index is 14.4. The van der Waals surface area contributed by atoms with Crippen LogP contribution in [0, 0.1) is 5.82 Å². The van der Waals surface area contributed by atoms with Gasteiger partial charge in [-0.3, -0.25) is 4.90 Å². The summed E-state index contributed by atoms with van der Waals surface area (Å²) in [6.07, 6.45) is 4.89. The molecule has 2 nitrogen and oxygen atoms in total. The molecule has 0 radical (unpaired) electrons. The van der Waals surface area contributed by atoms with Crippen molar-refractivity contribution in [1.29, 1.82) is 0 Å². The van der Waals surface area contributed by atoms with Crippen LogP contribution < -0.4 is 5.73 Å². The first-order chi connectivity index (χ1) is 9.85. The van der Waals surface area contributed by atoms with Gasteiger partial charge in [0.15, 0.2) is 0 Å². The molecule has 0 spiro atoms. The number of benzene rings is 1. The van der Waals surface area contributed by atoms with Crippen LogP contribution in [0.1, 0.15) is 51.1 Å². The lowest BCUT2D eigenvalue weighted by Crippen LogP contribution is -2.51. The third-order valence-electron chi connectivity index (χ3n) is 4.58. The van der Waals surface area contributed by atoms with Crippen molar-refractivity contribution < 1.29 is 4.39 Å². The Hall–Kier alpha value is -0.160. The largest absolute Gasteiger partial charge is 0.322 e. The maximum absolute atomic E-state index is 14.4. The van der Waals surface area contributed by atoms with Crippen LogP contribution in [-0.4, -0.2) is 23.5 Å². The Morgan fingerprint density at radius 1 is 1.24 bits per heavy atom. The molecule has 1 aliphatic rings. The predicted molar refractivity (Wildman–Crippen MR) is 90.2 cm³/mol. The van der Waals surface area contributed by atoms with Crippen LogP contribution in [0.3, 0.4) is 0 Å². The predicted octanol–water partition coefficient (Wildman–Crippen LogP) is 4.90. The van der Waals surface area contributed by atoms with Crippen LogP contribution >= 0.6 is 27.5 Å². The highest BCUT2D eigenvalue weighted by Gasteiger charge is 2.36. The monoisotopic (exact) mass is 376 g/mol. The fraction of sp³-hybridized carbons (Fsp3) is 0.625. The molecule has 1 atom stereocenters. The third kappa shape index (κ3) is 3.61. The highest BCUT2D eigenvalue weighted by atomic mass is 79.9. The van der Waals surface area contributed by atoms with Crippen molar-refractivity contribution in [2.24, 2.45) is 5.73 Å². The molecule has 1 aromatic rings. The Morgan fingerprint density at radius 3 is 2.38 bits per heavy atom. The zero-order valence-electron chi connectivity index (χ0n) is 12.6. The van der Waals surface area contributed by atoms with E-state index in [1.807, 2.05) is 0 Å². The van der Waals surface area contributed by atoms with E-state index in [1.54, 1.807) is 12.1 Å². The Balaban J connectivity index is 2.28. The van der Waals surface area contributed by atoms with Crippen LogP contribution in [0.2, 0.25) is 5.02 Å². The van der Waals surface area contributed by atoms with Crippen molar-refractivity contribution in [3.63, 3.8) is 0 Å². The second kappa shape index (κ2) is 6.95. The summed E-state index contributed by atoms with van der Waals surface area (Å²) < 4.78 is 15.0. The quantitative estimate of drug-likeness (QED) is 0.759. The number of hydrogen-bond acceptors (Lipinski definition) is 2. The lowest BCUT2D eigenvalue weighted by atomic mass is 9.87. The average Bonchev–Trinajstić information content (AvgIpc) is 2.74. The first kappa shape index (κ1) is 17.2. The van der Waals surface area contributed by atoms with Gasteiger partial charge in [-0.15, -0.1) is 0 Å². The van der Waals surface area contributed by atoms with E-state index in [4.69, 9.17) is 17.3 Å². The molecule has 1 heterocycles. The highest BCUT2D eigenvalue weighted by Crippen LogP contribution is 2.36. The minimum atomic E-state index is -0.416. The molecule has 118 valence electrons. The molecule has 1 saturated heterocycles. The van der Waals surface area contributed by atoms with Crippen molar-refractivity contribution in [3.8, 4) is 0 Å². The van der Waals surface area contributed by atoms with E-state index in [1.165, 1.54) is 25.7 Å². The minimum Gasteiger partial charge on any atom is -0.322 e. The van der Waals surface area contributed by atoms with Gasteiger partial charge in [-0.2, -0.15) is 0 Å². The zero-order chi connectivity index (χ0) is 15.6. The Bertz CT molecular complexity index is 499. The molecule has 0 amide bonds. The molecule has 1 aliphatic heterocycles. The summed E-state index contributed by atoms with van der Waals surface area (Å²) in [6, 6.07) is 3.08. The highest BCUT2D eigenvalue weighted by molar-refractivity contribution is 9.10. The van der Waals surface area contributed by atoms with Gasteiger partial charge in [0.2, 0.25) is 0 Å². The van der Waals surface area contributed by atoms with Crippen LogP contribution in [0.4, 0.5) is 4.39 Å². The lowest BCUT2D eigenvalue weighted by Gasteiger charge is -2.42. The van der Waals surface area contributed by atoms with E-state index < -0.39 is 11.9 Å². The van der Waals surface area contributed by atoms with Crippen LogP contribution in [0.25, 0.3) is 0 Å². The van der Waals surface area contributed by atoms with E-state index in [0.717, 1.165) is 13.1 Å². The topological polar surface area (TPSA) is 29.3 Å². The van der Waals surface area contributed by atoms with Crippen molar-refractivity contribution in [2.75, 3.05) is 13.1 Å². The van der Waals surface area contributed by atoms with Crippen LogP contribution in [0.5, 0.6) is 0 Å². The molecule has 1 aromatic carbocycles. The third-order valence-corrected chi connectivity index (χ3v) is 5.84. The second-order valence-electron chi connectivity index (χ2n) is 6.30. The molecular formula is C16H23BrClFN2. The Morgan fingerprint density at radius 2 is 1.81 bits per heavy atom. The van der Waals surface area contributed by atoms with Crippen molar-refractivity contribution in [1.82, 2.24) is 4.90 Å². The summed E-state index contributed by atoms with van der Waals surface area (Å²) in [5, 5.41) is 0.106. The first-order valence-corrected chi connectivity index (χ1v) is 8.67. The number of nitrogens with zero attached hydrogens (tertiary/aromatic N) is 1. The van der Waals surface area contributed by atoms with Gasteiger partial charge in [-0.05, 0) is 61.8 Å². The molecule has 1 fully saturated rings. The number of rotatable bonds is 3. The van der Waals surface area contributed by atoms with Crippen LogP contribution in [-0.2, 0) is 0 Å². The van der Waals surface area contributed by atoms with E-state index >= 15 is 0 Å². The minimum absolute atomic E-state index is 0.106. The van der Waals surface area contributed by atoms with Gasteiger partial charge < -0.3 is 5.73 Å². The average molecular weight is 378 g/mol. The summed E-state index contributed by atoms with van der Waals surface area (Å²) in [7, 11) is 0. The second-order valence-corrected chi connectivity index (χ2v) is 7.53. The number of nitrogens with two attached hydrogens (primary N) is 1. The lowest BCUT2D eigenvalue weighted by molar-refractivity contribution is 0.0967. The molecule has 1 unspecified atom stereocenters. The van der Waals surface area contributed by atoms with Gasteiger partial charge in [0.25, 0.3) is 0 Å². The molecule has 0 aliphatic carbocycles. The summed E-state index contributed by atoms with van der Waals surface area (Å²) in [4.78, 5) is 2.39. The standard InChI is InChI=1S/C16H23BrClFN2/c1-16(2,21-9-5-3-4-6-10-21)15(20)11-7-8-12(17)13(18)14(11)19/h7-8,15H,3-6,9-10,20H2,1-2H3. The molecule has 21 heavy (non-hydrogen) atoms. The van der Waals surface area contributed by atoms with Gasteiger partial charge in [0.05, 0.1) is 11.1 Å². The molecular weight excluding hydrogens is 355 g/mol. The van der Waals surface area contributed by atoms with Gasteiger partial charge in [-0.25, -0.2) is 4.39 Å². The fourth-order valence-corrected chi connectivity index (χ4v) is 3.48. The number of halogens is 3. The van der Waals surface area contributed by atoms with Gasteiger partial charge in [-0.1, -0.05) is 30.5 Å². The number of likely N-dealkylation sites (tertiary alicyclic amines) is 1. The summed E-state index contributed by atoms with van der Waals surface area (Å²) in [5.41, 5.74) is 6.60. The van der Waals surface area contributed by atoms with Gasteiger partial charge in [0, 0.05) is 15.6 Å². The summed E-state index contributed by atoms with van der Waals surface area (Å²) in [6.45, 7) is 6.23. The molecule has 0 bridgehead atoms. The van der Waals surface area contributed by atoms with E-state index in [9.17, 15) is 4.39 Å². The SMILES string of the molecule is CC(C)(C(N)c1ccc(Br)c(Cl)c1F)N1CCCCCC1. The van der Waals surface area contributed by atoms with Crippen LogP contribution in [0.15, 0.2) is 16.6 Å². The summed E-state index contributed by atoms with van der Waals surface area (Å²) >= 11 is 9.24. The maximum Gasteiger partial charge on any atom is 0.147 e. The van der Waals surface area contributed by atoms with E-state index in [2.05, 4.69) is 34.7 Å². The first-order valence-electron chi connectivity index (χ1n) is 7.49. The molecule has 2 N–H and O–H groups in total. The Kier molecular flexibility index (Phi) is 5.69. The van der Waals surface area contributed by atoms with Crippen molar-refractivity contribution >= 4 is 27.5 Å². The summed E-state index contributed by atoms with van der Waals surface area (Å²) in [5.74, 6) is -0.415. The zero-order valence-corrected chi connectivity index (χ0v) is 15.0. The van der Waals surface area contributed by atoms with E-state index in [-0.39, 0.29) is 10.6 Å². The van der Waals surface area contributed by atoms with E-state index in [0.29, 0.717) is 10.0 Å². The molecule has 0 saturated carbocycles. The van der Waals surface area contributed by atoms with Gasteiger partial charge >= 0.3 is 0 Å².